The van der Waals surface area contributed by atoms with Crippen LogP contribution in [-0.2, 0) is 9.53 Å². The lowest BCUT2D eigenvalue weighted by Crippen LogP contribution is -2.46. The fourth-order valence-electron chi connectivity index (χ4n) is 3.51. The minimum Gasteiger partial charge on any atom is -0.482 e. The first-order valence-corrected chi connectivity index (χ1v) is 9.84. The number of carbonyl (C=O) groups excluding carboxylic acids is 2. The Morgan fingerprint density at radius 3 is 2.52 bits per heavy atom. The van der Waals surface area contributed by atoms with Gasteiger partial charge in [-0.05, 0) is 44.0 Å². The summed E-state index contributed by atoms with van der Waals surface area (Å²) in [5, 5.41) is 5.70. The van der Waals surface area contributed by atoms with Gasteiger partial charge in [-0.3, -0.25) is 9.59 Å². The Balaban J connectivity index is 1.44. The van der Waals surface area contributed by atoms with Gasteiger partial charge in [0.25, 0.3) is 11.8 Å². The van der Waals surface area contributed by atoms with Crippen LogP contribution in [0.5, 0.6) is 11.5 Å². The smallest absolute Gasteiger partial charge is 0.269 e. The number of para-hydroxylation sites is 3. The van der Waals surface area contributed by atoms with Crippen LogP contribution >= 0.6 is 0 Å². The first-order chi connectivity index (χ1) is 14.1. The Kier molecular flexibility index (Phi) is 5.67. The summed E-state index contributed by atoms with van der Waals surface area (Å²) in [6.07, 6.45) is 0.711. The summed E-state index contributed by atoms with van der Waals surface area (Å²) in [5.74, 6) is 0.508. The lowest BCUT2D eigenvalue weighted by molar-refractivity contribution is -0.128. The van der Waals surface area contributed by atoms with Crippen molar-refractivity contribution in [2.24, 2.45) is 0 Å². The number of hydrogen-bond acceptors (Lipinski definition) is 5. The summed E-state index contributed by atoms with van der Waals surface area (Å²) in [6, 6.07) is 14.1. The second kappa shape index (κ2) is 8.53. The first kappa shape index (κ1) is 19.3. The molecule has 152 valence electrons. The molecular weight excluding hydrogens is 372 g/mol. The average molecular weight is 396 g/mol. The molecule has 3 unspecified atom stereocenters. The summed E-state index contributed by atoms with van der Waals surface area (Å²) >= 11 is 0. The molecule has 7 heteroatoms. The Morgan fingerprint density at radius 2 is 1.76 bits per heavy atom. The fourth-order valence-corrected chi connectivity index (χ4v) is 3.51. The van der Waals surface area contributed by atoms with Crippen molar-refractivity contribution >= 4 is 17.5 Å². The number of fused-ring (bicyclic) bond motifs is 1. The molecule has 2 amide bonds. The molecule has 0 aromatic heterocycles. The number of ether oxygens (including phenoxy) is 3. The Bertz CT molecular complexity index is 894. The fraction of sp³-hybridized carbons (Fsp3) is 0.364. The summed E-state index contributed by atoms with van der Waals surface area (Å²) in [5.41, 5.74) is 0.820. The van der Waals surface area contributed by atoms with E-state index in [2.05, 4.69) is 10.6 Å². The molecule has 2 N–H and O–H groups in total. The molecule has 0 bridgehead atoms. The highest BCUT2D eigenvalue weighted by Gasteiger charge is 2.34. The standard InChI is InChI=1S/C22H24N2O5/c1-14-20(29-19-11-5-4-10-18(19)28-14)22(26)24-17-9-3-2-8-16(17)21(25)23-13-15-7-6-12-27-15/h2-5,8-11,14-15,20H,6-7,12-13H2,1H3,(H,23,25)(H,24,26). The van der Waals surface area contributed by atoms with E-state index in [1.54, 1.807) is 43.3 Å². The molecule has 4 rings (SSSR count). The quantitative estimate of drug-likeness (QED) is 0.812. The van der Waals surface area contributed by atoms with Crippen molar-refractivity contribution < 1.29 is 23.8 Å². The van der Waals surface area contributed by atoms with Crippen molar-refractivity contribution in [3.63, 3.8) is 0 Å². The van der Waals surface area contributed by atoms with Gasteiger partial charge in [-0.25, -0.2) is 0 Å². The molecule has 0 aliphatic carbocycles. The third kappa shape index (κ3) is 4.35. The maximum absolute atomic E-state index is 12.9. The number of hydrogen-bond donors (Lipinski definition) is 2. The van der Waals surface area contributed by atoms with E-state index in [1.165, 1.54) is 0 Å². The zero-order valence-corrected chi connectivity index (χ0v) is 16.2. The molecule has 2 aliphatic heterocycles. The molecule has 29 heavy (non-hydrogen) atoms. The van der Waals surface area contributed by atoms with Gasteiger partial charge in [0.1, 0.15) is 6.10 Å². The molecule has 2 aromatic rings. The molecular formula is C22H24N2O5. The maximum Gasteiger partial charge on any atom is 0.269 e. The van der Waals surface area contributed by atoms with E-state index in [0.717, 1.165) is 19.4 Å². The highest BCUT2D eigenvalue weighted by molar-refractivity contribution is 6.04. The van der Waals surface area contributed by atoms with Crippen LogP contribution in [0.25, 0.3) is 0 Å². The number of amides is 2. The number of carbonyl (C=O) groups is 2. The molecule has 2 aliphatic rings. The molecule has 7 nitrogen and oxygen atoms in total. The third-order valence-corrected chi connectivity index (χ3v) is 5.04. The number of nitrogens with one attached hydrogen (secondary N) is 2. The Hall–Kier alpha value is -3.06. The van der Waals surface area contributed by atoms with Gasteiger partial charge in [0.2, 0.25) is 6.10 Å². The first-order valence-electron chi connectivity index (χ1n) is 9.84. The normalized spacial score (nSPS) is 22.7. The summed E-state index contributed by atoms with van der Waals surface area (Å²) in [4.78, 5) is 25.5. The topological polar surface area (TPSA) is 85.9 Å². The van der Waals surface area contributed by atoms with Crippen molar-refractivity contribution in [3.05, 3.63) is 54.1 Å². The number of rotatable bonds is 5. The predicted octanol–water partition coefficient (Wildman–Crippen LogP) is 2.76. The van der Waals surface area contributed by atoms with E-state index in [-0.39, 0.29) is 17.9 Å². The highest BCUT2D eigenvalue weighted by atomic mass is 16.6. The molecule has 1 fully saturated rings. The molecule has 2 aromatic carbocycles. The van der Waals surface area contributed by atoms with Gasteiger partial charge in [-0.1, -0.05) is 24.3 Å². The monoisotopic (exact) mass is 396 g/mol. The second-order valence-corrected chi connectivity index (χ2v) is 7.19. The number of benzene rings is 2. The maximum atomic E-state index is 12.9. The van der Waals surface area contributed by atoms with Gasteiger partial charge in [0.05, 0.1) is 17.4 Å². The Morgan fingerprint density at radius 1 is 1.03 bits per heavy atom. The number of anilines is 1. The minimum absolute atomic E-state index is 0.0504. The Labute approximate surface area is 169 Å². The van der Waals surface area contributed by atoms with Crippen molar-refractivity contribution in [2.75, 3.05) is 18.5 Å². The van der Waals surface area contributed by atoms with Crippen LogP contribution in [0.1, 0.15) is 30.1 Å². The third-order valence-electron chi connectivity index (χ3n) is 5.04. The van der Waals surface area contributed by atoms with Gasteiger partial charge < -0.3 is 24.8 Å². The van der Waals surface area contributed by atoms with Crippen LogP contribution in [0.15, 0.2) is 48.5 Å². The molecule has 0 radical (unpaired) electrons. The van der Waals surface area contributed by atoms with E-state index in [4.69, 9.17) is 14.2 Å². The van der Waals surface area contributed by atoms with Crippen LogP contribution < -0.4 is 20.1 Å². The zero-order chi connectivity index (χ0) is 20.2. The van der Waals surface area contributed by atoms with Crippen LogP contribution in [0, 0.1) is 0 Å². The SMILES string of the molecule is CC1Oc2ccccc2OC1C(=O)Nc1ccccc1C(=O)NCC1CCCO1. The summed E-state index contributed by atoms with van der Waals surface area (Å²) < 4.78 is 17.2. The predicted molar refractivity (Wildman–Crippen MR) is 107 cm³/mol. The van der Waals surface area contributed by atoms with Gasteiger partial charge in [-0.2, -0.15) is 0 Å². The lowest BCUT2D eigenvalue weighted by atomic mass is 10.1. The van der Waals surface area contributed by atoms with Gasteiger partial charge in [0.15, 0.2) is 11.5 Å². The van der Waals surface area contributed by atoms with E-state index in [9.17, 15) is 9.59 Å². The minimum atomic E-state index is -0.826. The summed E-state index contributed by atoms with van der Waals surface area (Å²) in [7, 11) is 0. The highest BCUT2D eigenvalue weighted by Crippen LogP contribution is 2.33. The van der Waals surface area contributed by atoms with Crippen molar-refractivity contribution in [1.82, 2.24) is 5.32 Å². The second-order valence-electron chi connectivity index (χ2n) is 7.19. The van der Waals surface area contributed by atoms with E-state index in [0.29, 0.717) is 29.3 Å². The molecule has 1 saturated heterocycles. The summed E-state index contributed by atoms with van der Waals surface area (Å²) in [6.45, 7) is 2.97. The lowest BCUT2D eigenvalue weighted by Gasteiger charge is -2.31. The largest absolute Gasteiger partial charge is 0.482 e. The van der Waals surface area contributed by atoms with E-state index in [1.807, 2.05) is 12.1 Å². The van der Waals surface area contributed by atoms with Crippen molar-refractivity contribution in [2.45, 2.75) is 38.1 Å². The van der Waals surface area contributed by atoms with Gasteiger partial charge >= 0.3 is 0 Å². The van der Waals surface area contributed by atoms with Crippen molar-refractivity contribution in [1.29, 1.82) is 0 Å². The zero-order valence-electron chi connectivity index (χ0n) is 16.2. The molecule has 2 heterocycles. The van der Waals surface area contributed by atoms with Crippen LogP contribution in [-0.4, -0.2) is 43.3 Å². The molecule has 3 atom stereocenters. The van der Waals surface area contributed by atoms with Crippen LogP contribution in [0.4, 0.5) is 5.69 Å². The van der Waals surface area contributed by atoms with Gasteiger partial charge in [0, 0.05) is 13.2 Å². The van der Waals surface area contributed by atoms with Crippen LogP contribution in [0.2, 0.25) is 0 Å². The molecule has 0 spiro atoms. The van der Waals surface area contributed by atoms with E-state index < -0.39 is 12.2 Å². The van der Waals surface area contributed by atoms with E-state index >= 15 is 0 Å². The average Bonchev–Trinajstić information content (AvgIpc) is 3.25. The van der Waals surface area contributed by atoms with Crippen molar-refractivity contribution in [3.8, 4) is 11.5 Å². The molecule has 0 saturated carbocycles. The van der Waals surface area contributed by atoms with Crippen LogP contribution in [0.3, 0.4) is 0 Å². The van der Waals surface area contributed by atoms with Gasteiger partial charge in [-0.15, -0.1) is 0 Å².